The van der Waals surface area contributed by atoms with Gasteiger partial charge in [-0.25, -0.2) is 0 Å². The summed E-state index contributed by atoms with van der Waals surface area (Å²) in [7, 11) is 1.00. The number of aromatic nitrogens is 1. The van der Waals surface area contributed by atoms with Crippen LogP contribution in [0.4, 0.5) is 5.69 Å². The standard InChI is InChI=1S/C22H17N3O2.CH4O/c26-14-19-10-18-9-15(6-7-16(18)12-22(19)25-27)13-24-20-4-1-5-21-17(11-20)3-2-8-23-21;1-2/h1-3,5-12,14,24H,4,13H2;2H,1H3. The van der Waals surface area contributed by atoms with Crippen molar-refractivity contribution in [2.75, 3.05) is 7.11 Å². The summed E-state index contributed by atoms with van der Waals surface area (Å²) >= 11 is 0. The Balaban J connectivity index is 0.00000117. The molecule has 0 atom stereocenters. The Labute approximate surface area is 168 Å². The Kier molecular flexibility index (Phi) is 6.60. The van der Waals surface area contributed by atoms with Crippen molar-refractivity contribution in [3.63, 3.8) is 0 Å². The third-order valence-corrected chi connectivity index (χ3v) is 4.61. The third-order valence-electron chi connectivity index (χ3n) is 4.61. The predicted octanol–water partition coefficient (Wildman–Crippen LogP) is 4.60. The fourth-order valence-electron chi connectivity index (χ4n) is 3.21. The summed E-state index contributed by atoms with van der Waals surface area (Å²) < 4.78 is 0. The number of fused-ring (bicyclic) bond motifs is 2. The molecule has 1 heterocycles. The number of aldehydes is 1. The van der Waals surface area contributed by atoms with Gasteiger partial charge in [0.2, 0.25) is 0 Å². The van der Waals surface area contributed by atoms with Gasteiger partial charge < -0.3 is 10.4 Å². The molecular weight excluding hydrogens is 366 g/mol. The first kappa shape index (κ1) is 20.1. The van der Waals surface area contributed by atoms with Gasteiger partial charge in [0.1, 0.15) is 5.69 Å². The Morgan fingerprint density at radius 1 is 1.17 bits per heavy atom. The molecule has 0 radical (unpaired) electrons. The molecule has 0 unspecified atom stereocenters. The van der Waals surface area contributed by atoms with Gasteiger partial charge in [-0.2, -0.15) is 0 Å². The van der Waals surface area contributed by atoms with E-state index < -0.39 is 0 Å². The van der Waals surface area contributed by atoms with Gasteiger partial charge in [-0.3, -0.25) is 9.78 Å². The lowest BCUT2D eigenvalue weighted by Gasteiger charge is -2.10. The minimum atomic E-state index is 0.172. The van der Waals surface area contributed by atoms with Gasteiger partial charge in [-0.1, -0.05) is 24.3 Å². The number of allylic oxidation sites excluding steroid dienone is 1. The van der Waals surface area contributed by atoms with Crippen LogP contribution < -0.4 is 5.32 Å². The van der Waals surface area contributed by atoms with Gasteiger partial charge in [-0.05, 0) is 57.9 Å². The molecule has 0 amide bonds. The average molecular weight is 387 g/mol. The van der Waals surface area contributed by atoms with Crippen molar-refractivity contribution in [3.05, 3.63) is 87.7 Å². The Morgan fingerprint density at radius 3 is 2.83 bits per heavy atom. The quantitative estimate of drug-likeness (QED) is 0.493. The molecule has 0 saturated carbocycles. The number of aliphatic hydroxyl groups excluding tert-OH is 1. The first-order valence-electron chi connectivity index (χ1n) is 9.13. The monoisotopic (exact) mass is 387 g/mol. The molecule has 6 heteroatoms. The van der Waals surface area contributed by atoms with E-state index >= 15 is 0 Å². The number of rotatable bonds is 5. The second-order valence-electron chi connectivity index (χ2n) is 6.41. The van der Waals surface area contributed by atoms with E-state index in [2.05, 4.69) is 33.7 Å². The number of aliphatic hydroxyl groups is 1. The van der Waals surface area contributed by atoms with Gasteiger partial charge in [0.25, 0.3) is 0 Å². The number of carbonyl (C=O) groups excluding carboxylic acids is 1. The molecule has 4 rings (SSSR count). The smallest absolute Gasteiger partial charge is 0.152 e. The fraction of sp³-hybridized carbons (Fsp3) is 0.130. The highest BCUT2D eigenvalue weighted by Crippen LogP contribution is 2.26. The summed E-state index contributed by atoms with van der Waals surface area (Å²) in [6.45, 7) is 0.662. The third kappa shape index (κ3) is 4.62. The van der Waals surface area contributed by atoms with Crippen molar-refractivity contribution in [1.82, 2.24) is 10.3 Å². The zero-order chi connectivity index (χ0) is 20.6. The molecule has 0 fully saturated rings. The molecule has 1 aromatic heterocycles. The molecule has 2 aromatic carbocycles. The summed E-state index contributed by atoms with van der Waals surface area (Å²) in [5.41, 5.74) is 4.76. The minimum absolute atomic E-state index is 0.172. The minimum Gasteiger partial charge on any atom is -0.400 e. The van der Waals surface area contributed by atoms with Gasteiger partial charge in [0.05, 0.1) is 5.69 Å². The van der Waals surface area contributed by atoms with E-state index in [0.29, 0.717) is 18.4 Å². The Bertz CT molecular complexity index is 1100. The van der Waals surface area contributed by atoms with Crippen molar-refractivity contribution in [1.29, 1.82) is 0 Å². The fourth-order valence-corrected chi connectivity index (χ4v) is 3.21. The number of nitrogens with one attached hydrogen (secondary N) is 1. The van der Waals surface area contributed by atoms with Crippen LogP contribution in [-0.4, -0.2) is 23.5 Å². The van der Waals surface area contributed by atoms with Gasteiger partial charge in [0.15, 0.2) is 6.29 Å². The zero-order valence-corrected chi connectivity index (χ0v) is 16.0. The van der Waals surface area contributed by atoms with E-state index in [0.717, 1.165) is 46.8 Å². The maximum Gasteiger partial charge on any atom is 0.152 e. The van der Waals surface area contributed by atoms with Crippen molar-refractivity contribution >= 4 is 34.9 Å². The Hall–Kier alpha value is -3.64. The van der Waals surface area contributed by atoms with Crippen LogP contribution in [0, 0.1) is 4.91 Å². The van der Waals surface area contributed by atoms with Gasteiger partial charge in [-0.15, -0.1) is 4.91 Å². The summed E-state index contributed by atoms with van der Waals surface area (Å²) in [6, 6.07) is 13.3. The lowest BCUT2D eigenvalue weighted by Crippen LogP contribution is -2.12. The molecule has 0 aliphatic heterocycles. The highest BCUT2D eigenvalue weighted by atomic mass is 16.3. The highest BCUT2D eigenvalue weighted by molar-refractivity contribution is 5.95. The molecule has 1 aliphatic carbocycles. The maximum absolute atomic E-state index is 11.2. The number of hydrogen-bond acceptors (Lipinski definition) is 6. The van der Waals surface area contributed by atoms with Crippen molar-refractivity contribution in [3.8, 4) is 0 Å². The molecule has 29 heavy (non-hydrogen) atoms. The number of nitrogens with zero attached hydrogens (tertiary/aromatic N) is 2. The van der Waals surface area contributed by atoms with E-state index in [9.17, 15) is 9.70 Å². The number of hydrogen-bond donors (Lipinski definition) is 2. The Morgan fingerprint density at radius 2 is 2.03 bits per heavy atom. The average Bonchev–Trinajstić information content (AvgIpc) is 2.99. The van der Waals surface area contributed by atoms with Crippen molar-refractivity contribution in [2.24, 2.45) is 5.18 Å². The molecule has 0 saturated heterocycles. The van der Waals surface area contributed by atoms with Gasteiger partial charge in [0, 0.05) is 43.1 Å². The molecule has 3 aromatic rings. The largest absolute Gasteiger partial charge is 0.400 e. The lowest BCUT2D eigenvalue weighted by molar-refractivity contribution is 0.112. The summed E-state index contributed by atoms with van der Waals surface area (Å²) in [4.78, 5) is 26.4. The normalized spacial score (nSPS) is 12.1. The summed E-state index contributed by atoms with van der Waals surface area (Å²) in [6.07, 6.45) is 9.53. The van der Waals surface area contributed by atoms with Crippen molar-refractivity contribution in [2.45, 2.75) is 13.0 Å². The zero-order valence-electron chi connectivity index (χ0n) is 16.0. The highest BCUT2D eigenvalue weighted by Gasteiger charge is 2.07. The van der Waals surface area contributed by atoms with Gasteiger partial charge >= 0.3 is 0 Å². The van der Waals surface area contributed by atoms with Crippen LogP contribution in [0.3, 0.4) is 0 Å². The first-order chi connectivity index (χ1) is 14.3. The SMILES string of the molecule is CO.O=Cc1cc2cc(CNC3=Cc4cccnc4C=CC3)ccc2cc1N=O. The van der Waals surface area contributed by atoms with Crippen LogP contribution in [0.1, 0.15) is 33.6 Å². The second kappa shape index (κ2) is 9.52. The predicted molar refractivity (Wildman–Crippen MR) is 116 cm³/mol. The van der Waals surface area contributed by atoms with Crippen LogP contribution in [0.5, 0.6) is 0 Å². The van der Waals surface area contributed by atoms with Crippen LogP contribution in [0.25, 0.3) is 22.9 Å². The van der Waals surface area contributed by atoms with Crippen LogP contribution in [0.15, 0.2) is 65.6 Å². The van der Waals surface area contributed by atoms with Crippen LogP contribution in [0.2, 0.25) is 0 Å². The lowest BCUT2D eigenvalue weighted by atomic mass is 10.0. The molecule has 0 bridgehead atoms. The molecule has 2 N–H and O–H groups in total. The van der Waals surface area contributed by atoms with Crippen molar-refractivity contribution < 1.29 is 9.90 Å². The van der Waals surface area contributed by atoms with E-state index in [1.807, 2.05) is 30.3 Å². The molecular formula is C23H21N3O3. The second-order valence-corrected chi connectivity index (χ2v) is 6.41. The van der Waals surface area contributed by atoms with E-state index in [1.165, 1.54) is 0 Å². The number of benzene rings is 2. The van der Waals surface area contributed by atoms with E-state index in [4.69, 9.17) is 5.11 Å². The molecule has 1 aliphatic rings. The number of carbonyl (C=O) groups is 1. The molecule has 146 valence electrons. The molecule has 0 spiro atoms. The van der Waals surface area contributed by atoms with E-state index in [1.54, 1.807) is 18.3 Å². The maximum atomic E-state index is 11.2. The first-order valence-corrected chi connectivity index (χ1v) is 9.13. The van der Waals surface area contributed by atoms with Crippen LogP contribution >= 0.6 is 0 Å². The molecule has 6 nitrogen and oxygen atoms in total. The number of nitroso groups, excluding NO2 is 1. The summed E-state index contributed by atoms with van der Waals surface area (Å²) in [5.74, 6) is 0. The van der Waals surface area contributed by atoms with E-state index in [-0.39, 0.29) is 5.69 Å². The number of pyridine rings is 1. The topological polar surface area (TPSA) is 91.7 Å². The summed E-state index contributed by atoms with van der Waals surface area (Å²) in [5, 5.41) is 15.2. The van der Waals surface area contributed by atoms with Crippen LogP contribution in [-0.2, 0) is 6.54 Å².